The molecule has 11 heteroatoms. The van der Waals surface area contributed by atoms with Crippen LogP contribution in [0, 0.1) is 11.6 Å². The lowest BCUT2D eigenvalue weighted by atomic mass is 9.98. The highest BCUT2D eigenvalue weighted by molar-refractivity contribution is 6.17. The number of amides is 1. The zero-order chi connectivity index (χ0) is 25.9. The number of nitrogens with zero attached hydrogens (tertiary/aromatic N) is 3. The molecule has 4 heterocycles. The first-order chi connectivity index (χ1) is 17.9. The number of pyridine rings is 2. The number of carbonyl (C=O) groups is 2. The predicted molar refractivity (Wildman–Crippen MR) is 130 cm³/mol. The van der Waals surface area contributed by atoms with Gasteiger partial charge in [0.1, 0.15) is 23.9 Å². The number of aromatic amines is 1. The average molecular weight is 507 g/mol. The number of ketones is 1. The Bertz CT molecular complexity index is 1470. The van der Waals surface area contributed by atoms with Crippen molar-refractivity contribution in [3.8, 4) is 17.0 Å². The van der Waals surface area contributed by atoms with E-state index in [0.29, 0.717) is 34.6 Å². The largest absolute Gasteiger partial charge is 0.476 e. The molecule has 3 aromatic heterocycles. The molecule has 0 spiro atoms. The number of H-pyrrole nitrogens is 1. The third-order valence-electron chi connectivity index (χ3n) is 6.19. The van der Waals surface area contributed by atoms with Gasteiger partial charge in [-0.2, -0.15) is 0 Å². The van der Waals surface area contributed by atoms with Gasteiger partial charge >= 0.3 is 0 Å². The van der Waals surface area contributed by atoms with E-state index in [-0.39, 0.29) is 5.56 Å². The van der Waals surface area contributed by atoms with Gasteiger partial charge in [0.2, 0.25) is 11.7 Å². The first kappa shape index (κ1) is 24.5. The summed E-state index contributed by atoms with van der Waals surface area (Å²) in [5.41, 5.74) is 5.43. The number of hydrogen-bond acceptors (Lipinski definition) is 7. The standard InChI is InChI=1S/C26H23F2N5O4/c27-20-3-2-17(25(29)35)23(28)22(20)24(34)19-14-32-26-18(19)11-16(13-31-26)15-1-4-21(30-12-15)37-10-7-33-5-8-36-9-6-33/h1-4,11-14H,5-10H2,(H2,29,35)(H,31,32). The van der Waals surface area contributed by atoms with Crippen molar-refractivity contribution in [3.63, 3.8) is 0 Å². The number of nitrogens with one attached hydrogen (secondary N) is 1. The lowest BCUT2D eigenvalue weighted by Gasteiger charge is -2.26. The van der Waals surface area contributed by atoms with Gasteiger partial charge in [0, 0.05) is 66.4 Å². The van der Waals surface area contributed by atoms with Crippen molar-refractivity contribution in [2.24, 2.45) is 5.73 Å². The summed E-state index contributed by atoms with van der Waals surface area (Å²) in [5.74, 6) is -3.96. The maximum absolute atomic E-state index is 14.8. The summed E-state index contributed by atoms with van der Waals surface area (Å²) in [4.78, 5) is 38.4. The van der Waals surface area contributed by atoms with Crippen molar-refractivity contribution < 1.29 is 27.8 Å². The topological polar surface area (TPSA) is 123 Å². The molecule has 1 amide bonds. The summed E-state index contributed by atoms with van der Waals surface area (Å²) < 4.78 is 40.3. The molecule has 190 valence electrons. The van der Waals surface area contributed by atoms with E-state index < -0.39 is 34.5 Å². The second-order valence-electron chi connectivity index (χ2n) is 8.49. The molecular formula is C26H23F2N5O4. The smallest absolute Gasteiger partial charge is 0.251 e. The number of nitrogens with two attached hydrogens (primary N) is 1. The number of aromatic nitrogens is 3. The molecule has 4 aromatic rings. The van der Waals surface area contributed by atoms with Gasteiger partial charge < -0.3 is 20.2 Å². The Morgan fingerprint density at radius 1 is 1.05 bits per heavy atom. The highest BCUT2D eigenvalue weighted by atomic mass is 19.1. The van der Waals surface area contributed by atoms with Crippen molar-refractivity contribution in [1.29, 1.82) is 0 Å². The van der Waals surface area contributed by atoms with Crippen LogP contribution < -0.4 is 10.5 Å². The predicted octanol–water partition coefficient (Wildman–Crippen LogP) is 2.94. The Balaban J connectivity index is 1.37. The van der Waals surface area contributed by atoms with E-state index in [2.05, 4.69) is 19.9 Å². The minimum Gasteiger partial charge on any atom is -0.476 e. The third kappa shape index (κ3) is 5.04. The maximum atomic E-state index is 14.8. The number of halogens is 2. The number of fused-ring (bicyclic) bond motifs is 1. The normalized spacial score (nSPS) is 14.1. The third-order valence-corrected chi connectivity index (χ3v) is 6.19. The van der Waals surface area contributed by atoms with Crippen LogP contribution in [0.2, 0.25) is 0 Å². The molecule has 1 fully saturated rings. The lowest BCUT2D eigenvalue weighted by Crippen LogP contribution is -2.38. The first-order valence-electron chi connectivity index (χ1n) is 11.6. The second-order valence-corrected chi connectivity index (χ2v) is 8.49. The van der Waals surface area contributed by atoms with E-state index in [4.69, 9.17) is 15.2 Å². The van der Waals surface area contributed by atoms with Crippen LogP contribution in [0.4, 0.5) is 8.78 Å². The molecule has 1 aliphatic rings. The van der Waals surface area contributed by atoms with Gasteiger partial charge in [-0.15, -0.1) is 0 Å². The molecule has 0 atom stereocenters. The van der Waals surface area contributed by atoms with Crippen LogP contribution in [0.5, 0.6) is 5.88 Å². The number of ether oxygens (including phenoxy) is 2. The van der Waals surface area contributed by atoms with Crippen molar-refractivity contribution in [3.05, 3.63) is 77.2 Å². The van der Waals surface area contributed by atoms with Crippen LogP contribution >= 0.6 is 0 Å². The van der Waals surface area contributed by atoms with E-state index in [1.807, 2.05) is 6.07 Å². The molecular weight excluding hydrogens is 484 g/mol. The fourth-order valence-corrected chi connectivity index (χ4v) is 4.18. The van der Waals surface area contributed by atoms with Gasteiger partial charge in [-0.25, -0.2) is 18.7 Å². The fraction of sp³-hybridized carbons (Fsp3) is 0.231. The molecule has 0 unspecified atom stereocenters. The number of morpholine rings is 1. The molecule has 5 rings (SSSR count). The van der Waals surface area contributed by atoms with E-state index in [0.717, 1.165) is 45.0 Å². The molecule has 1 aromatic carbocycles. The number of rotatable bonds is 8. The van der Waals surface area contributed by atoms with Gasteiger partial charge in [-0.3, -0.25) is 14.5 Å². The Hall–Kier alpha value is -4.22. The Labute approximate surface area is 210 Å². The highest BCUT2D eigenvalue weighted by Crippen LogP contribution is 2.28. The summed E-state index contributed by atoms with van der Waals surface area (Å²) in [5, 5.41) is 0.358. The number of primary amides is 1. The summed E-state index contributed by atoms with van der Waals surface area (Å²) in [6, 6.07) is 6.97. The van der Waals surface area contributed by atoms with E-state index in [1.54, 1.807) is 24.5 Å². The van der Waals surface area contributed by atoms with Crippen molar-refractivity contribution in [1.82, 2.24) is 19.9 Å². The quantitative estimate of drug-likeness (QED) is 0.352. The minimum atomic E-state index is -1.30. The van der Waals surface area contributed by atoms with Gasteiger partial charge in [0.25, 0.3) is 5.91 Å². The molecule has 9 nitrogen and oxygen atoms in total. The van der Waals surface area contributed by atoms with Crippen LogP contribution in [0.1, 0.15) is 26.3 Å². The van der Waals surface area contributed by atoms with Gasteiger partial charge in [0.05, 0.1) is 24.3 Å². The molecule has 1 aliphatic heterocycles. The monoisotopic (exact) mass is 507 g/mol. The van der Waals surface area contributed by atoms with Crippen molar-refractivity contribution >= 4 is 22.7 Å². The summed E-state index contributed by atoms with van der Waals surface area (Å²) in [6.07, 6.45) is 4.54. The molecule has 0 aliphatic carbocycles. The van der Waals surface area contributed by atoms with Crippen molar-refractivity contribution in [2.45, 2.75) is 0 Å². The number of carbonyl (C=O) groups excluding carboxylic acids is 2. The summed E-state index contributed by atoms with van der Waals surface area (Å²) in [6.45, 7) is 4.49. The zero-order valence-electron chi connectivity index (χ0n) is 19.7. The van der Waals surface area contributed by atoms with Crippen LogP contribution in [0.25, 0.3) is 22.2 Å². The Morgan fingerprint density at radius 2 is 1.84 bits per heavy atom. The van der Waals surface area contributed by atoms with E-state index >= 15 is 0 Å². The Kier molecular flexibility index (Phi) is 6.89. The molecule has 0 radical (unpaired) electrons. The summed E-state index contributed by atoms with van der Waals surface area (Å²) in [7, 11) is 0. The first-order valence-corrected chi connectivity index (χ1v) is 11.6. The van der Waals surface area contributed by atoms with Gasteiger partial charge in [-0.05, 0) is 24.3 Å². The van der Waals surface area contributed by atoms with Crippen LogP contribution in [-0.4, -0.2) is 71.0 Å². The molecule has 3 N–H and O–H groups in total. The Morgan fingerprint density at radius 3 is 2.57 bits per heavy atom. The fourth-order valence-electron chi connectivity index (χ4n) is 4.18. The molecule has 0 bridgehead atoms. The second kappa shape index (κ2) is 10.4. The minimum absolute atomic E-state index is 0.000189. The average Bonchev–Trinajstić information content (AvgIpc) is 3.33. The number of hydrogen-bond donors (Lipinski definition) is 2. The van der Waals surface area contributed by atoms with Crippen LogP contribution in [0.3, 0.4) is 0 Å². The molecule has 0 saturated carbocycles. The van der Waals surface area contributed by atoms with Gasteiger partial charge in [-0.1, -0.05) is 0 Å². The molecule has 37 heavy (non-hydrogen) atoms. The van der Waals surface area contributed by atoms with Gasteiger partial charge in [0.15, 0.2) is 0 Å². The van der Waals surface area contributed by atoms with E-state index in [9.17, 15) is 18.4 Å². The summed E-state index contributed by atoms with van der Waals surface area (Å²) >= 11 is 0. The maximum Gasteiger partial charge on any atom is 0.251 e. The van der Waals surface area contributed by atoms with Crippen LogP contribution in [-0.2, 0) is 4.74 Å². The lowest BCUT2D eigenvalue weighted by molar-refractivity contribution is 0.0320. The molecule has 1 saturated heterocycles. The number of benzene rings is 1. The SMILES string of the molecule is NC(=O)c1ccc(F)c(C(=O)c2c[nH]c3ncc(-c4ccc(OCCN5CCOCC5)nc4)cc23)c1F. The van der Waals surface area contributed by atoms with E-state index in [1.165, 1.54) is 6.20 Å². The zero-order valence-corrected chi connectivity index (χ0v) is 19.7. The highest BCUT2D eigenvalue weighted by Gasteiger charge is 2.26. The van der Waals surface area contributed by atoms with Crippen molar-refractivity contribution in [2.75, 3.05) is 39.5 Å². The van der Waals surface area contributed by atoms with Crippen LogP contribution in [0.15, 0.2) is 48.9 Å².